The maximum absolute atomic E-state index is 13.0. The van der Waals surface area contributed by atoms with E-state index >= 15 is 0 Å². The van der Waals surface area contributed by atoms with Crippen molar-refractivity contribution in [2.45, 2.75) is 13.5 Å². The van der Waals surface area contributed by atoms with Crippen LogP contribution in [-0.2, 0) is 6.54 Å². The van der Waals surface area contributed by atoms with E-state index in [9.17, 15) is 4.39 Å². The first-order chi connectivity index (χ1) is 7.65. The fraction of sp³-hybridized carbons (Fsp3) is 0.167. The molecule has 16 heavy (non-hydrogen) atoms. The van der Waals surface area contributed by atoms with Gasteiger partial charge in [-0.15, -0.1) is 11.3 Å². The van der Waals surface area contributed by atoms with Gasteiger partial charge < -0.3 is 5.32 Å². The van der Waals surface area contributed by atoms with Crippen LogP contribution in [-0.4, -0.2) is 0 Å². The number of benzene rings is 1. The number of halogens is 2. The average molecular weight is 256 g/mol. The molecule has 0 atom stereocenters. The smallest absolute Gasteiger partial charge is 0.126 e. The molecule has 0 amide bonds. The Hall–Kier alpha value is -1.06. The van der Waals surface area contributed by atoms with E-state index in [0.717, 1.165) is 15.6 Å². The number of thiophene rings is 1. The van der Waals surface area contributed by atoms with Gasteiger partial charge in [0.15, 0.2) is 0 Å². The first-order valence-corrected chi connectivity index (χ1v) is 6.14. The predicted molar refractivity (Wildman–Crippen MR) is 67.8 cm³/mol. The maximum atomic E-state index is 13.0. The van der Waals surface area contributed by atoms with Crippen molar-refractivity contribution in [2.75, 3.05) is 5.32 Å². The van der Waals surface area contributed by atoms with Crippen molar-refractivity contribution < 1.29 is 4.39 Å². The lowest BCUT2D eigenvalue weighted by Crippen LogP contribution is -1.98. The highest BCUT2D eigenvalue weighted by Crippen LogP contribution is 2.21. The monoisotopic (exact) mass is 255 g/mol. The molecule has 0 bridgehead atoms. The zero-order valence-electron chi connectivity index (χ0n) is 8.76. The van der Waals surface area contributed by atoms with E-state index < -0.39 is 0 Å². The second kappa shape index (κ2) is 4.85. The van der Waals surface area contributed by atoms with Gasteiger partial charge in [-0.05, 0) is 36.8 Å². The quantitative estimate of drug-likeness (QED) is 0.854. The number of anilines is 1. The van der Waals surface area contributed by atoms with E-state index in [2.05, 4.69) is 5.32 Å². The van der Waals surface area contributed by atoms with Gasteiger partial charge in [0.25, 0.3) is 0 Å². The second-order valence-electron chi connectivity index (χ2n) is 3.55. The fourth-order valence-electron chi connectivity index (χ4n) is 1.39. The minimum atomic E-state index is -0.176. The molecule has 1 aromatic carbocycles. The van der Waals surface area contributed by atoms with Crippen LogP contribution in [0.25, 0.3) is 0 Å². The Morgan fingerprint density at radius 3 is 2.81 bits per heavy atom. The standard InChI is InChI=1S/C12H11ClFNS/c1-8-4-10(2-3-12(8)14)15-6-11-5-9(13)7-16-11/h2-5,7,15H,6H2,1H3. The van der Waals surface area contributed by atoms with E-state index in [1.165, 1.54) is 6.07 Å². The Kier molecular flexibility index (Phi) is 3.46. The molecule has 84 valence electrons. The number of rotatable bonds is 3. The molecule has 1 nitrogen and oxygen atoms in total. The number of hydrogen-bond acceptors (Lipinski definition) is 2. The lowest BCUT2D eigenvalue weighted by atomic mass is 10.2. The van der Waals surface area contributed by atoms with E-state index in [4.69, 9.17) is 11.6 Å². The Balaban J connectivity index is 2.02. The van der Waals surface area contributed by atoms with Gasteiger partial charge in [0.1, 0.15) is 5.82 Å². The zero-order chi connectivity index (χ0) is 11.5. The van der Waals surface area contributed by atoms with Crippen LogP contribution in [0.4, 0.5) is 10.1 Å². The lowest BCUT2D eigenvalue weighted by Gasteiger charge is -2.06. The summed E-state index contributed by atoms with van der Waals surface area (Å²) in [6.45, 7) is 2.46. The molecule has 2 rings (SSSR count). The van der Waals surface area contributed by atoms with E-state index in [1.807, 2.05) is 11.4 Å². The lowest BCUT2D eigenvalue weighted by molar-refractivity contribution is 0.618. The molecule has 0 saturated carbocycles. The van der Waals surface area contributed by atoms with Crippen molar-refractivity contribution in [1.29, 1.82) is 0 Å². The Bertz CT molecular complexity index is 496. The van der Waals surface area contributed by atoms with Crippen molar-refractivity contribution in [3.05, 3.63) is 50.9 Å². The zero-order valence-corrected chi connectivity index (χ0v) is 10.3. The van der Waals surface area contributed by atoms with Gasteiger partial charge in [-0.2, -0.15) is 0 Å². The van der Waals surface area contributed by atoms with Crippen LogP contribution in [0.15, 0.2) is 29.6 Å². The summed E-state index contributed by atoms with van der Waals surface area (Å²) in [6.07, 6.45) is 0. The van der Waals surface area contributed by atoms with Crippen LogP contribution in [0, 0.1) is 12.7 Å². The fourth-order valence-corrected chi connectivity index (χ4v) is 2.40. The van der Waals surface area contributed by atoms with Crippen molar-refractivity contribution in [1.82, 2.24) is 0 Å². The summed E-state index contributed by atoms with van der Waals surface area (Å²) in [5.74, 6) is -0.176. The molecule has 0 unspecified atom stereocenters. The Morgan fingerprint density at radius 2 is 2.19 bits per heavy atom. The van der Waals surface area contributed by atoms with Crippen molar-refractivity contribution in [2.24, 2.45) is 0 Å². The minimum absolute atomic E-state index is 0.176. The minimum Gasteiger partial charge on any atom is -0.380 e. The summed E-state index contributed by atoms with van der Waals surface area (Å²) in [5, 5.41) is 5.89. The molecular formula is C12H11ClFNS. The highest BCUT2D eigenvalue weighted by atomic mass is 35.5. The molecule has 1 heterocycles. The van der Waals surface area contributed by atoms with Gasteiger partial charge in [-0.1, -0.05) is 11.6 Å². The van der Waals surface area contributed by atoms with Crippen molar-refractivity contribution in [3.63, 3.8) is 0 Å². The molecule has 1 N–H and O–H groups in total. The van der Waals surface area contributed by atoms with Gasteiger partial charge >= 0.3 is 0 Å². The van der Waals surface area contributed by atoms with Crippen LogP contribution in [0.3, 0.4) is 0 Å². The summed E-state index contributed by atoms with van der Waals surface area (Å²) < 4.78 is 13.0. The SMILES string of the molecule is Cc1cc(NCc2cc(Cl)cs2)ccc1F. The summed E-state index contributed by atoms with van der Waals surface area (Å²) >= 11 is 7.43. The average Bonchev–Trinajstić information content (AvgIpc) is 2.66. The van der Waals surface area contributed by atoms with Crippen LogP contribution < -0.4 is 5.32 Å². The molecule has 4 heteroatoms. The molecule has 0 fully saturated rings. The van der Waals surface area contributed by atoms with Crippen LogP contribution in [0.1, 0.15) is 10.4 Å². The van der Waals surface area contributed by atoms with Crippen LogP contribution >= 0.6 is 22.9 Å². The topological polar surface area (TPSA) is 12.0 Å². The molecule has 0 radical (unpaired) electrons. The van der Waals surface area contributed by atoms with E-state index in [0.29, 0.717) is 12.1 Å². The summed E-state index contributed by atoms with van der Waals surface area (Å²) in [6, 6.07) is 6.93. The molecule has 2 aromatic rings. The molecular weight excluding hydrogens is 245 g/mol. The van der Waals surface area contributed by atoms with Gasteiger partial charge in [0, 0.05) is 22.5 Å². The third kappa shape index (κ3) is 2.74. The number of aryl methyl sites for hydroxylation is 1. The van der Waals surface area contributed by atoms with Crippen molar-refractivity contribution >= 4 is 28.6 Å². The number of nitrogens with one attached hydrogen (secondary N) is 1. The van der Waals surface area contributed by atoms with Gasteiger partial charge in [0.2, 0.25) is 0 Å². The second-order valence-corrected chi connectivity index (χ2v) is 4.98. The first-order valence-electron chi connectivity index (χ1n) is 4.88. The normalized spacial score (nSPS) is 10.4. The van der Waals surface area contributed by atoms with Gasteiger partial charge in [-0.3, -0.25) is 0 Å². The molecule has 1 aromatic heterocycles. The predicted octanol–water partition coefficient (Wildman–Crippen LogP) is 4.46. The largest absolute Gasteiger partial charge is 0.380 e. The third-order valence-corrected chi connectivity index (χ3v) is 3.53. The van der Waals surface area contributed by atoms with Crippen LogP contribution in [0.2, 0.25) is 5.02 Å². The maximum Gasteiger partial charge on any atom is 0.126 e. The summed E-state index contributed by atoms with van der Waals surface area (Å²) in [7, 11) is 0. The first kappa shape index (κ1) is 11.4. The molecule has 0 aliphatic rings. The van der Waals surface area contributed by atoms with E-state index in [-0.39, 0.29) is 5.82 Å². The number of hydrogen-bond donors (Lipinski definition) is 1. The summed E-state index contributed by atoms with van der Waals surface area (Å²) in [5.41, 5.74) is 1.57. The van der Waals surface area contributed by atoms with Gasteiger partial charge in [0.05, 0.1) is 5.02 Å². The highest BCUT2D eigenvalue weighted by Gasteiger charge is 2.00. The van der Waals surface area contributed by atoms with Crippen LogP contribution in [0.5, 0.6) is 0 Å². The molecule has 0 aliphatic heterocycles. The van der Waals surface area contributed by atoms with Gasteiger partial charge in [-0.25, -0.2) is 4.39 Å². The Morgan fingerprint density at radius 1 is 1.38 bits per heavy atom. The highest BCUT2D eigenvalue weighted by molar-refractivity contribution is 7.10. The third-order valence-electron chi connectivity index (χ3n) is 2.25. The summed E-state index contributed by atoms with van der Waals surface area (Å²) in [4.78, 5) is 1.16. The molecule has 0 spiro atoms. The van der Waals surface area contributed by atoms with E-state index in [1.54, 1.807) is 30.4 Å². The van der Waals surface area contributed by atoms with Crippen molar-refractivity contribution in [3.8, 4) is 0 Å². The molecule has 0 aliphatic carbocycles. The molecule has 0 saturated heterocycles. The Labute approximate surface area is 103 Å².